The number of rotatable bonds is 48. The summed E-state index contributed by atoms with van der Waals surface area (Å²) in [6, 6.07) is 0. The summed E-state index contributed by atoms with van der Waals surface area (Å²) in [4.78, 5) is 38.0. The molecule has 0 aliphatic rings. The molecular weight excluding hydrogens is 745 g/mol. The highest BCUT2D eigenvalue weighted by Crippen LogP contribution is 2.18. The lowest BCUT2D eigenvalue weighted by atomic mass is 9.99. The maximum absolute atomic E-state index is 12.8. The molecule has 0 aliphatic carbocycles. The van der Waals surface area contributed by atoms with Crippen molar-refractivity contribution in [2.75, 3.05) is 13.2 Å². The number of carbonyl (C=O) groups is 3. The van der Waals surface area contributed by atoms with Gasteiger partial charge in [0.1, 0.15) is 13.2 Å². The normalized spacial score (nSPS) is 12.5. The van der Waals surface area contributed by atoms with E-state index in [4.69, 9.17) is 14.2 Å². The van der Waals surface area contributed by atoms with Crippen molar-refractivity contribution in [3.8, 4) is 0 Å². The van der Waals surface area contributed by atoms with Gasteiger partial charge in [-0.3, -0.25) is 14.4 Å². The van der Waals surface area contributed by atoms with Crippen molar-refractivity contribution in [3.05, 3.63) is 0 Å². The first-order chi connectivity index (χ1) is 29.3. The number of hydrogen-bond acceptors (Lipinski definition) is 6. The van der Waals surface area contributed by atoms with Gasteiger partial charge in [-0.2, -0.15) is 0 Å². The first-order valence-electron chi connectivity index (χ1n) is 26.8. The quantitative estimate of drug-likeness (QED) is 0.0345. The van der Waals surface area contributed by atoms with Crippen LogP contribution in [-0.2, 0) is 28.6 Å². The van der Waals surface area contributed by atoms with Crippen LogP contribution in [0.2, 0.25) is 0 Å². The summed E-state index contributed by atoms with van der Waals surface area (Å²) in [5.74, 6) is 0.840. The second-order valence-electron chi connectivity index (χ2n) is 19.2. The van der Waals surface area contributed by atoms with Gasteiger partial charge in [0.25, 0.3) is 0 Å². The van der Waals surface area contributed by atoms with Gasteiger partial charge in [-0.05, 0) is 31.1 Å². The Hall–Kier alpha value is -1.59. The van der Waals surface area contributed by atoms with Crippen molar-refractivity contribution in [1.82, 2.24) is 0 Å². The van der Waals surface area contributed by atoms with E-state index in [0.29, 0.717) is 19.3 Å². The molecule has 0 aromatic rings. The van der Waals surface area contributed by atoms with Crippen LogP contribution >= 0.6 is 0 Å². The molecule has 60 heavy (non-hydrogen) atoms. The lowest BCUT2D eigenvalue weighted by Crippen LogP contribution is -2.30. The molecule has 0 amide bonds. The van der Waals surface area contributed by atoms with Gasteiger partial charge >= 0.3 is 17.9 Å². The molecule has 6 heteroatoms. The van der Waals surface area contributed by atoms with Crippen molar-refractivity contribution in [1.29, 1.82) is 0 Å². The van der Waals surface area contributed by atoms with Gasteiger partial charge in [-0.1, -0.05) is 259 Å². The summed E-state index contributed by atoms with van der Waals surface area (Å²) >= 11 is 0. The number of hydrogen-bond donors (Lipinski definition) is 0. The third-order valence-corrected chi connectivity index (χ3v) is 12.6. The van der Waals surface area contributed by atoms with Crippen molar-refractivity contribution in [3.63, 3.8) is 0 Å². The third kappa shape index (κ3) is 45.9. The molecule has 0 spiro atoms. The first kappa shape index (κ1) is 58.4. The van der Waals surface area contributed by atoms with E-state index in [1.807, 2.05) is 0 Å². The predicted octanol–water partition coefficient (Wildman–Crippen LogP) is 17.3. The summed E-state index contributed by atoms with van der Waals surface area (Å²) in [6.07, 6.45) is 47.9. The monoisotopic (exact) mass is 849 g/mol. The largest absolute Gasteiger partial charge is 0.462 e. The van der Waals surface area contributed by atoms with E-state index in [9.17, 15) is 14.4 Å². The fourth-order valence-electron chi connectivity index (χ4n) is 8.13. The van der Waals surface area contributed by atoms with E-state index < -0.39 is 6.10 Å². The molecule has 1 unspecified atom stereocenters. The molecule has 0 saturated carbocycles. The van der Waals surface area contributed by atoms with Gasteiger partial charge in [0.15, 0.2) is 6.10 Å². The second-order valence-corrected chi connectivity index (χ2v) is 19.2. The number of esters is 3. The smallest absolute Gasteiger partial charge is 0.306 e. The van der Waals surface area contributed by atoms with Gasteiger partial charge in [-0.15, -0.1) is 0 Å². The second kappa shape index (κ2) is 46.9. The average Bonchev–Trinajstić information content (AvgIpc) is 3.23. The van der Waals surface area contributed by atoms with Crippen LogP contribution in [0.25, 0.3) is 0 Å². The van der Waals surface area contributed by atoms with E-state index >= 15 is 0 Å². The van der Waals surface area contributed by atoms with E-state index in [-0.39, 0.29) is 31.1 Å². The maximum Gasteiger partial charge on any atom is 0.306 e. The Morgan fingerprint density at radius 3 is 0.950 bits per heavy atom. The number of carbonyl (C=O) groups excluding carboxylic acids is 3. The number of ether oxygens (including phenoxy) is 3. The predicted molar refractivity (Wildman–Crippen MR) is 256 cm³/mol. The van der Waals surface area contributed by atoms with Gasteiger partial charge < -0.3 is 14.2 Å². The molecular formula is C54H104O6. The Balaban J connectivity index is 4.32. The molecule has 0 aromatic carbocycles. The Morgan fingerprint density at radius 2 is 0.633 bits per heavy atom. The first-order valence-corrected chi connectivity index (χ1v) is 26.8. The molecule has 2 atom stereocenters. The van der Waals surface area contributed by atoms with Crippen LogP contribution in [0.5, 0.6) is 0 Å². The lowest BCUT2D eigenvalue weighted by Gasteiger charge is -2.18. The summed E-state index contributed by atoms with van der Waals surface area (Å²) in [5, 5.41) is 0. The summed E-state index contributed by atoms with van der Waals surface area (Å²) in [5.41, 5.74) is 0. The third-order valence-electron chi connectivity index (χ3n) is 12.6. The summed E-state index contributed by atoms with van der Waals surface area (Å²) in [7, 11) is 0. The topological polar surface area (TPSA) is 78.9 Å². The zero-order valence-electron chi connectivity index (χ0n) is 41.1. The highest BCUT2D eigenvalue weighted by Gasteiger charge is 2.19. The van der Waals surface area contributed by atoms with Crippen LogP contribution in [0.1, 0.15) is 298 Å². The van der Waals surface area contributed by atoms with E-state index in [1.165, 1.54) is 186 Å². The van der Waals surface area contributed by atoms with Gasteiger partial charge in [0.05, 0.1) is 0 Å². The van der Waals surface area contributed by atoms with Crippen LogP contribution in [-0.4, -0.2) is 37.2 Å². The molecule has 6 nitrogen and oxygen atoms in total. The van der Waals surface area contributed by atoms with E-state index in [1.54, 1.807) is 0 Å². The lowest BCUT2D eigenvalue weighted by molar-refractivity contribution is -0.167. The Kier molecular flexibility index (Phi) is 45.7. The highest BCUT2D eigenvalue weighted by atomic mass is 16.6. The van der Waals surface area contributed by atoms with Crippen LogP contribution in [0.3, 0.4) is 0 Å². The van der Waals surface area contributed by atoms with Crippen molar-refractivity contribution < 1.29 is 28.6 Å². The van der Waals surface area contributed by atoms with Crippen LogP contribution < -0.4 is 0 Å². The minimum absolute atomic E-state index is 0.0636. The summed E-state index contributed by atoms with van der Waals surface area (Å²) < 4.78 is 16.8. The Bertz CT molecular complexity index is 918. The Labute approximate surface area is 374 Å². The average molecular weight is 849 g/mol. The van der Waals surface area contributed by atoms with Gasteiger partial charge in [-0.25, -0.2) is 0 Å². The molecule has 0 aliphatic heterocycles. The summed E-state index contributed by atoms with van der Waals surface area (Å²) in [6.45, 7) is 11.4. The fourth-order valence-corrected chi connectivity index (χ4v) is 8.13. The van der Waals surface area contributed by atoms with Crippen molar-refractivity contribution >= 4 is 17.9 Å². The van der Waals surface area contributed by atoms with Crippen molar-refractivity contribution in [2.45, 2.75) is 304 Å². The van der Waals surface area contributed by atoms with Crippen LogP contribution in [0.15, 0.2) is 0 Å². The standard InChI is InChI=1S/C54H104O6/c1-6-8-9-10-11-12-13-14-15-16-17-24-29-34-39-44-52(55)58-47-51(60-54(57)46-41-36-31-26-20-18-22-27-32-37-42-49(3)4)48-59-53(56)45-40-35-30-25-21-19-23-28-33-38-43-50(5)7-2/h49-51H,6-48H2,1-5H3/t50?,51-/m1/s1. The Morgan fingerprint density at radius 1 is 0.350 bits per heavy atom. The fraction of sp³-hybridized carbons (Fsp3) is 0.944. The molecule has 0 bridgehead atoms. The molecule has 356 valence electrons. The van der Waals surface area contributed by atoms with E-state index in [0.717, 1.165) is 69.6 Å². The number of unbranched alkanes of at least 4 members (excludes halogenated alkanes) is 32. The molecule has 0 heterocycles. The highest BCUT2D eigenvalue weighted by molar-refractivity contribution is 5.71. The van der Waals surface area contributed by atoms with Gasteiger partial charge in [0, 0.05) is 19.3 Å². The maximum atomic E-state index is 12.8. The minimum Gasteiger partial charge on any atom is -0.462 e. The van der Waals surface area contributed by atoms with E-state index in [2.05, 4.69) is 34.6 Å². The molecule has 0 radical (unpaired) electrons. The molecule has 0 N–H and O–H groups in total. The molecule has 0 fully saturated rings. The zero-order valence-corrected chi connectivity index (χ0v) is 41.1. The zero-order chi connectivity index (χ0) is 44.0. The SMILES string of the molecule is CCCCCCCCCCCCCCCCCC(=O)OC[C@H](COC(=O)CCCCCCCCCCCCC(C)CC)OC(=O)CCCCCCCCCCCCC(C)C. The molecule has 0 rings (SSSR count). The molecule has 0 saturated heterocycles. The van der Waals surface area contributed by atoms with Crippen LogP contribution in [0.4, 0.5) is 0 Å². The van der Waals surface area contributed by atoms with Gasteiger partial charge in [0.2, 0.25) is 0 Å². The van der Waals surface area contributed by atoms with Crippen molar-refractivity contribution in [2.24, 2.45) is 11.8 Å². The molecule has 0 aromatic heterocycles. The minimum atomic E-state index is -0.762. The van der Waals surface area contributed by atoms with Crippen LogP contribution in [0, 0.1) is 11.8 Å².